The number of aromatic nitrogens is 4. The van der Waals surface area contributed by atoms with Crippen molar-refractivity contribution in [2.24, 2.45) is 0 Å². The zero-order valence-corrected chi connectivity index (χ0v) is 23.4. The van der Waals surface area contributed by atoms with E-state index in [0.29, 0.717) is 54.5 Å². The van der Waals surface area contributed by atoms with Crippen LogP contribution in [0.4, 0.5) is 16.2 Å². The molecule has 0 bridgehead atoms. The van der Waals surface area contributed by atoms with Gasteiger partial charge in [-0.15, -0.1) is 0 Å². The number of piperidine rings is 1. The van der Waals surface area contributed by atoms with Crippen molar-refractivity contribution in [3.8, 4) is 11.1 Å². The molecule has 40 heavy (non-hydrogen) atoms. The Kier molecular flexibility index (Phi) is 7.06. The average Bonchev–Trinajstić information content (AvgIpc) is 3.44. The predicted octanol–water partition coefficient (Wildman–Crippen LogP) is 4.61. The molecule has 0 unspecified atom stereocenters. The van der Waals surface area contributed by atoms with Crippen molar-refractivity contribution in [3.05, 3.63) is 53.5 Å². The molecule has 2 aliphatic heterocycles. The van der Waals surface area contributed by atoms with Crippen molar-refractivity contribution in [3.63, 3.8) is 0 Å². The zero-order chi connectivity index (χ0) is 28.0. The smallest absolute Gasteiger partial charge is 0.246 e. The van der Waals surface area contributed by atoms with Crippen LogP contribution in [0, 0.1) is 12.7 Å². The van der Waals surface area contributed by atoms with Gasteiger partial charge < -0.3 is 20.0 Å². The minimum absolute atomic E-state index is 0.0978. The van der Waals surface area contributed by atoms with Gasteiger partial charge in [0, 0.05) is 54.1 Å². The fraction of sp³-hybridized carbons (Fsp3) is 0.379. The number of carbonyl (C=O) groups excluding carboxylic acids is 1. The molecule has 1 amide bonds. The summed E-state index contributed by atoms with van der Waals surface area (Å²) < 4.78 is 16.7. The van der Waals surface area contributed by atoms with E-state index < -0.39 is 5.82 Å². The fourth-order valence-corrected chi connectivity index (χ4v) is 6.06. The Morgan fingerprint density at radius 2 is 1.88 bits per heavy atom. The lowest BCUT2D eigenvalue weighted by atomic mass is 9.95. The van der Waals surface area contributed by atoms with Gasteiger partial charge in [0.25, 0.3) is 0 Å². The van der Waals surface area contributed by atoms with Crippen LogP contribution in [-0.2, 0) is 4.79 Å². The molecular formula is C29H32ClFN8O. The monoisotopic (exact) mass is 562 g/mol. The van der Waals surface area contributed by atoms with E-state index in [9.17, 15) is 4.79 Å². The van der Waals surface area contributed by atoms with Gasteiger partial charge in [-0.05, 0) is 63.7 Å². The number of aromatic amines is 1. The normalized spacial score (nSPS) is 17.1. The van der Waals surface area contributed by atoms with E-state index >= 15 is 4.39 Å². The number of rotatable bonds is 5. The van der Waals surface area contributed by atoms with Crippen LogP contribution in [0.2, 0.25) is 5.02 Å². The van der Waals surface area contributed by atoms with Gasteiger partial charge in [-0.3, -0.25) is 9.89 Å². The van der Waals surface area contributed by atoms with Crippen LogP contribution in [0.5, 0.6) is 0 Å². The van der Waals surface area contributed by atoms with Gasteiger partial charge in [-0.2, -0.15) is 10.1 Å². The maximum absolute atomic E-state index is 16.7. The third-order valence-electron chi connectivity index (χ3n) is 8.06. The number of nitrogens with one attached hydrogen (secondary N) is 2. The zero-order valence-electron chi connectivity index (χ0n) is 22.7. The van der Waals surface area contributed by atoms with Gasteiger partial charge in [-0.1, -0.05) is 24.2 Å². The highest BCUT2D eigenvalue weighted by molar-refractivity contribution is 6.35. The summed E-state index contributed by atoms with van der Waals surface area (Å²) in [6.07, 6.45) is 4.93. The summed E-state index contributed by atoms with van der Waals surface area (Å²) in [6.45, 7) is 9.61. The lowest BCUT2D eigenvalue weighted by Gasteiger charge is -2.35. The first-order valence-corrected chi connectivity index (χ1v) is 14.0. The van der Waals surface area contributed by atoms with Gasteiger partial charge >= 0.3 is 0 Å². The molecule has 0 saturated carbocycles. The predicted molar refractivity (Wildman–Crippen MR) is 157 cm³/mol. The lowest BCUT2D eigenvalue weighted by molar-refractivity contribution is -0.126. The maximum atomic E-state index is 16.7. The molecule has 6 rings (SSSR count). The number of benzene rings is 2. The first-order valence-electron chi connectivity index (χ1n) is 13.6. The number of hydrogen-bond donors (Lipinski definition) is 2. The Bertz CT molecular complexity index is 1610. The number of carbonyl (C=O) groups is 1. The Balaban J connectivity index is 1.48. The molecule has 2 aliphatic rings. The van der Waals surface area contributed by atoms with Gasteiger partial charge in [0.15, 0.2) is 5.82 Å². The SMILES string of the molecule is C=CC(=O)N1CCN(c2nc(NC3CCN(C)CC3)nc3c(F)c(-c4c(C)ccc5[nH]ncc45)c(Cl)cc23)CC1. The Morgan fingerprint density at radius 1 is 1.12 bits per heavy atom. The molecule has 2 aromatic carbocycles. The summed E-state index contributed by atoms with van der Waals surface area (Å²) >= 11 is 6.86. The second-order valence-corrected chi connectivity index (χ2v) is 11.0. The molecule has 4 heterocycles. The van der Waals surface area contributed by atoms with Crippen LogP contribution in [0.15, 0.2) is 37.1 Å². The number of hydrogen-bond acceptors (Lipinski definition) is 7. The second-order valence-electron chi connectivity index (χ2n) is 10.6. The third kappa shape index (κ3) is 4.75. The Labute approximate surface area is 237 Å². The molecule has 2 aromatic heterocycles. The highest BCUT2D eigenvalue weighted by Gasteiger charge is 2.27. The molecule has 0 aliphatic carbocycles. The van der Waals surface area contributed by atoms with Crippen LogP contribution in [0.3, 0.4) is 0 Å². The van der Waals surface area contributed by atoms with E-state index in [1.807, 2.05) is 19.1 Å². The molecule has 0 radical (unpaired) electrons. The summed E-state index contributed by atoms with van der Waals surface area (Å²) in [7, 11) is 2.11. The van der Waals surface area contributed by atoms with Gasteiger partial charge in [0.05, 0.1) is 16.7 Å². The molecule has 2 fully saturated rings. The van der Waals surface area contributed by atoms with Crippen LogP contribution in [0.1, 0.15) is 18.4 Å². The number of fused-ring (bicyclic) bond motifs is 2. The molecule has 0 atom stereocenters. The number of anilines is 2. The van der Waals surface area contributed by atoms with E-state index in [-0.39, 0.29) is 22.5 Å². The maximum Gasteiger partial charge on any atom is 0.246 e. The highest BCUT2D eigenvalue weighted by Crippen LogP contribution is 2.42. The van der Waals surface area contributed by atoms with Crippen LogP contribution in [-0.4, -0.2) is 88.2 Å². The van der Waals surface area contributed by atoms with E-state index in [1.54, 1.807) is 17.2 Å². The average molecular weight is 563 g/mol. The number of piperazine rings is 1. The first kappa shape index (κ1) is 26.5. The quantitative estimate of drug-likeness (QED) is 0.343. The van der Waals surface area contributed by atoms with Gasteiger partial charge in [0.2, 0.25) is 11.9 Å². The van der Waals surface area contributed by atoms with E-state index in [4.69, 9.17) is 21.6 Å². The molecule has 2 N–H and O–H groups in total. The minimum atomic E-state index is -0.491. The van der Waals surface area contributed by atoms with Crippen molar-refractivity contribution >= 4 is 51.1 Å². The second kappa shape index (κ2) is 10.7. The van der Waals surface area contributed by atoms with Gasteiger partial charge in [0.1, 0.15) is 11.3 Å². The van der Waals surface area contributed by atoms with Crippen molar-refractivity contribution in [2.75, 3.05) is 56.5 Å². The Morgan fingerprint density at radius 3 is 2.60 bits per heavy atom. The molecule has 2 saturated heterocycles. The fourth-order valence-electron chi connectivity index (χ4n) is 5.78. The topological polar surface area (TPSA) is 93.3 Å². The first-order chi connectivity index (χ1) is 19.3. The number of aryl methyl sites for hydroxylation is 1. The molecule has 0 spiro atoms. The molecular weight excluding hydrogens is 531 g/mol. The summed E-state index contributed by atoms with van der Waals surface area (Å²) in [5.74, 6) is 0.415. The number of nitrogens with zero attached hydrogens (tertiary/aromatic N) is 6. The van der Waals surface area contributed by atoms with Crippen LogP contribution >= 0.6 is 11.6 Å². The van der Waals surface area contributed by atoms with Crippen LogP contribution < -0.4 is 10.2 Å². The van der Waals surface area contributed by atoms with Crippen LogP contribution in [0.25, 0.3) is 32.9 Å². The standard InChI is InChI=1S/C29H32ClFN8O/c1-4-23(40)38-11-13-39(14-12-38)28-19-15-21(30)25(24-17(2)5-6-22-20(24)16-32-36-22)26(31)27(19)34-29(35-28)33-18-7-9-37(3)10-8-18/h4-6,15-16,18H,1,7-14H2,2-3H3,(H,32,36)(H,33,34,35). The molecule has 9 nitrogen and oxygen atoms in total. The van der Waals surface area contributed by atoms with Gasteiger partial charge in [-0.25, -0.2) is 9.37 Å². The lowest BCUT2D eigenvalue weighted by Crippen LogP contribution is -2.48. The number of amides is 1. The summed E-state index contributed by atoms with van der Waals surface area (Å²) in [5, 5.41) is 12.2. The molecule has 4 aromatic rings. The summed E-state index contributed by atoms with van der Waals surface area (Å²) in [4.78, 5) is 27.9. The highest BCUT2D eigenvalue weighted by atomic mass is 35.5. The van der Waals surface area contributed by atoms with Crippen molar-refractivity contribution < 1.29 is 9.18 Å². The summed E-state index contributed by atoms with van der Waals surface area (Å²) in [6, 6.07) is 5.82. The van der Waals surface area contributed by atoms with E-state index in [2.05, 4.69) is 38.9 Å². The number of H-pyrrole nitrogens is 1. The third-order valence-corrected chi connectivity index (χ3v) is 8.36. The molecule has 11 heteroatoms. The van der Waals surface area contributed by atoms with Crippen molar-refractivity contribution in [1.82, 2.24) is 30.0 Å². The van der Waals surface area contributed by atoms with Crippen molar-refractivity contribution in [1.29, 1.82) is 0 Å². The Hall–Kier alpha value is -3.76. The number of halogens is 2. The van der Waals surface area contributed by atoms with E-state index in [1.165, 1.54) is 6.08 Å². The largest absolute Gasteiger partial charge is 0.352 e. The van der Waals surface area contributed by atoms with Crippen molar-refractivity contribution in [2.45, 2.75) is 25.8 Å². The molecule has 208 valence electrons. The number of likely N-dealkylation sites (tertiary alicyclic amines) is 1. The van der Waals surface area contributed by atoms with E-state index in [0.717, 1.165) is 42.4 Å². The minimum Gasteiger partial charge on any atom is -0.352 e. The summed E-state index contributed by atoms with van der Waals surface area (Å²) in [5.41, 5.74) is 2.89.